The minimum atomic E-state index is -3.61. The van der Waals surface area contributed by atoms with Gasteiger partial charge in [-0.05, 0) is 25.0 Å². The number of aldehydes is 1. The number of rotatable bonds is 5. The summed E-state index contributed by atoms with van der Waals surface area (Å²) in [5.41, 5.74) is 0.986. The third kappa shape index (κ3) is 3.64. The van der Waals surface area contributed by atoms with Crippen LogP contribution in [0.15, 0.2) is 29.2 Å². The van der Waals surface area contributed by atoms with E-state index in [1.807, 2.05) is 6.92 Å². The smallest absolute Gasteiger partial charge is 0.241 e. The lowest BCUT2D eigenvalue weighted by molar-refractivity contribution is -0.110. The van der Waals surface area contributed by atoms with Crippen LogP contribution in [-0.4, -0.2) is 20.7 Å². The van der Waals surface area contributed by atoms with E-state index < -0.39 is 16.1 Å². The van der Waals surface area contributed by atoms with Gasteiger partial charge in [-0.1, -0.05) is 31.5 Å². The highest BCUT2D eigenvalue weighted by Crippen LogP contribution is 2.11. The molecular weight excluding hydrogens is 238 g/mol. The van der Waals surface area contributed by atoms with Crippen molar-refractivity contribution in [2.75, 3.05) is 0 Å². The van der Waals surface area contributed by atoms with Crippen LogP contribution in [0.5, 0.6) is 0 Å². The zero-order valence-corrected chi connectivity index (χ0v) is 11.0. The summed E-state index contributed by atoms with van der Waals surface area (Å²) < 4.78 is 26.3. The van der Waals surface area contributed by atoms with Crippen LogP contribution in [0.4, 0.5) is 0 Å². The zero-order valence-electron chi connectivity index (χ0n) is 10.2. The molecule has 0 spiro atoms. The Morgan fingerprint density at radius 3 is 2.12 bits per heavy atom. The molecular formula is C12H17NO3S. The van der Waals surface area contributed by atoms with Crippen molar-refractivity contribution in [3.05, 3.63) is 29.8 Å². The number of nitrogens with one attached hydrogen (secondary N) is 1. The number of hydrogen-bond acceptors (Lipinski definition) is 3. The van der Waals surface area contributed by atoms with Crippen LogP contribution in [0.25, 0.3) is 0 Å². The fraction of sp³-hybridized carbons (Fsp3) is 0.417. The molecule has 0 aliphatic carbocycles. The first-order valence-corrected chi connectivity index (χ1v) is 6.89. The molecule has 1 aromatic rings. The maximum atomic E-state index is 11.9. The fourth-order valence-corrected chi connectivity index (χ4v) is 2.60. The molecule has 1 atom stereocenters. The fourth-order valence-electron chi connectivity index (χ4n) is 1.29. The summed E-state index contributed by atoms with van der Waals surface area (Å²) in [4.78, 5) is 11.0. The molecule has 0 saturated carbocycles. The highest BCUT2D eigenvalue weighted by atomic mass is 32.2. The van der Waals surface area contributed by atoms with Gasteiger partial charge in [-0.15, -0.1) is 0 Å². The van der Waals surface area contributed by atoms with Gasteiger partial charge < -0.3 is 4.79 Å². The first-order valence-electron chi connectivity index (χ1n) is 5.41. The van der Waals surface area contributed by atoms with Crippen LogP contribution in [0.2, 0.25) is 0 Å². The van der Waals surface area contributed by atoms with Crippen LogP contribution in [0.3, 0.4) is 0 Å². The predicted molar refractivity (Wildman–Crippen MR) is 66.2 cm³/mol. The predicted octanol–water partition coefficient (Wildman–Crippen LogP) is 1.50. The van der Waals surface area contributed by atoms with E-state index in [0.717, 1.165) is 5.56 Å². The quantitative estimate of drug-likeness (QED) is 0.811. The first-order chi connectivity index (χ1) is 7.86. The van der Waals surface area contributed by atoms with E-state index in [9.17, 15) is 13.2 Å². The molecule has 0 aliphatic rings. The second kappa shape index (κ2) is 5.42. The van der Waals surface area contributed by atoms with E-state index in [2.05, 4.69) is 4.72 Å². The number of sulfonamides is 1. The summed E-state index contributed by atoms with van der Waals surface area (Å²) in [5.74, 6) is -0.0762. The molecule has 0 amide bonds. The van der Waals surface area contributed by atoms with E-state index in [1.165, 1.54) is 12.1 Å². The molecule has 0 unspecified atom stereocenters. The molecule has 0 fully saturated rings. The molecule has 0 bridgehead atoms. The average Bonchev–Trinajstić information content (AvgIpc) is 2.26. The SMILES string of the molecule is Cc1ccc(S(=O)(=O)N[C@H](C=O)C(C)C)cc1. The van der Waals surface area contributed by atoms with Gasteiger partial charge in [0.15, 0.2) is 0 Å². The average molecular weight is 255 g/mol. The highest BCUT2D eigenvalue weighted by molar-refractivity contribution is 7.89. The van der Waals surface area contributed by atoms with Crippen molar-refractivity contribution >= 4 is 16.3 Å². The maximum absolute atomic E-state index is 11.9. The van der Waals surface area contributed by atoms with Crippen molar-refractivity contribution in [2.45, 2.75) is 31.7 Å². The monoisotopic (exact) mass is 255 g/mol. The topological polar surface area (TPSA) is 63.2 Å². The van der Waals surface area contributed by atoms with Gasteiger partial charge in [0, 0.05) is 0 Å². The first kappa shape index (κ1) is 13.9. The van der Waals surface area contributed by atoms with E-state index in [-0.39, 0.29) is 10.8 Å². The van der Waals surface area contributed by atoms with Crippen LogP contribution >= 0.6 is 0 Å². The van der Waals surface area contributed by atoms with Crippen LogP contribution < -0.4 is 4.72 Å². The molecule has 0 radical (unpaired) electrons. The Hall–Kier alpha value is -1.20. The Balaban J connectivity index is 2.96. The van der Waals surface area contributed by atoms with Gasteiger partial charge in [0.25, 0.3) is 0 Å². The van der Waals surface area contributed by atoms with Gasteiger partial charge in [-0.25, -0.2) is 13.1 Å². The zero-order chi connectivity index (χ0) is 13.1. The van der Waals surface area contributed by atoms with E-state index in [0.29, 0.717) is 6.29 Å². The Bertz CT molecular complexity index is 477. The number of carbonyl (C=O) groups excluding carboxylic acids is 1. The third-order valence-electron chi connectivity index (χ3n) is 2.49. The largest absolute Gasteiger partial charge is 0.302 e. The van der Waals surface area contributed by atoms with Gasteiger partial charge in [0.05, 0.1) is 10.9 Å². The Morgan fingerprint density at radius 1 is 1.18 bits per heavy atom. The lowest BCUT2D eigenvalue weighted by Crippen LogP contribution is -2.39. The minimum absolute atomic E-state index is 0.0762. The van der Waals surface area contributed by atoms with Crippen molar-refractivity contribution in [1.29, 1.82) is 0 Å². The van der Waals surface area contributed by atoms with Crippen LogP contribution in [0.1, 0.15) is 19.4 Å². The Morgan fingerprint density at radius 2 is 1.71 bits per heavy atom. The summed E-state index contributed by atoms with van der Waals surface area (Å²) in [7, 11) is -3.61. The molecule has 1 N–H and O–H groups in total. The maximum Gasteiger partial charge on any atom is 0.241 e. The molecule has 1 aromatic carbocycles. The van der Waals surface area contributed by atoms with Crippen molar-refractivity contribution in [2.24, 2.45) is 5.92 Å². The standard InChI is InChI=1S/C12H17NO3S/c1-9(2)12(8-14)13-17(15,16)11-6-4-10(3)5-7-11/h4-9,12-13H,1-3H3/t12-/m1/s1. The van der Waals surface area contributed by atoms with Gasteiger partial charge in [-0.3, -0.25) is 0 Å². The van der Waals surface area contributed by atoms with Crippen LogP contribution in [0, 0.1) is 12.8 Å². The third-order valence-corrected chi connectivity index (χ3v) is 3.96. The van der Waals surface area contributed by atoms with E-state index >= 15 is 0 Å². The summed E-state index contributed by atoms with van der Waals surface area (Å²) in [6, 6.07) is 5.81. The van der Waals surface area contributed by atoms with Crippen molar-refractivity contribution in [3.63, 3.8) is 0 Å². The molecule has 94 valence electrons. The lowest BCUT2D eigenvalue weighted by atomic mass is 10.1. The Labute approximate surface area is 102 Å². The van der Waals surface area contributed by atoms with E-state index in [4.69, 9.17) is 0 Å². The molecule has 0 aromatic heterocycles. The second-order valence-electron chi connectivity index (χ2n) is 4.34. The van der Waals surface area contributed by atoms with Gasteiger partial charge in [-0.2, -0.15) is 0 Å². The van der Waals surface area contributed by atoms with Gasteiger partial charge in [0.1, 0.15) is 6.29 Å². The normalized spacial score (nSPS) is 13.6. The molecule has 4 nitrogen and oxygen atoms in total. The second-order valence-corrected chi connectivity index (χ2v) is 6.05. The molecule has 5 heteroatoms. The summed E-state index contributed by atoms with van der Waals surface area (Å²) in [6.07, 6.45) is 0.621. The molecule has 1 rings (SSSR count). The molecule has 0 aliphatic heterocycles. The van der Waals surface area contributed by atoms with Gasteiger partial charge in [0.2, 0.25) is 10.0 Å². The molecule has 0 saturated heterocycles. The van der Waals surface area contributed by atoms with Crippen molar-refractivity contribution in [3.8, 4) is 0 Å². The molecule has 0 heterocycles. The highest BCUT2D eigenvalue weighted by Gasteiger charge is 2.21. The van der Waals surface area contributed by atoms with E-state index in [1.54, 1.807) is 26.0 Å². The lowest BCUT2D eigenvalue weighted by Gasteiger charge is -2.16. The van der Waals surface area contributed by atoms with Crippen molar-refractivity contribution < 1.29 is 13.2 Å². The number of benzene rings is 1. The van der Waals surface area contributed by atoms with Gasteiger partial charge >= 0.3 is 0 Å². The summed E-state index contributed by atoms with van der Waals surface area (Å²) >= 11 is 0. The van der Waals surface area contributed by atoms with Crippen molar-refractivity contribution in [1.82, 2.24) is 4.72 Å². The molecule has 17 heavy (non-hydrogen) atoms. The number of hydrogen-bond donors (Lipinski definition) is 1. The number of carbonyl (C=O) groups is 1. The Kier molecular flexibility index (Phi) is 4.42. The van der Waals surface area contributed by atoms with Crippen LogP contribution in [-0.2, 0) is 14.8 Å². The summed E-state index contributed by atoms with van der Waals surface area (Å²) in [6.45, 7) is 5.46. The summed E-state index contributed by atoms with van der Waals surface area (Å²) in [5, 5.41) is 0. The number of aryl methyl sites for hydroxylation is 1. The minimum Gasteiger partial charge on any atom is -0.302 e.